The van der Waals surface area contributed by atoms with Crippen LogP contribution in [0, 0.1) is 0 Å². The van der Waals surface area contributed by atoms with E-state index in [4.69, 9.17) is 9.97 Å². The van der Waals surface area contributed by atoms with Gasteiger partial charge >= 0.3 is 0 Å². The molecule has 2 aromatic heterocycles. The minimum absolute atomic E-state index is 0.451. The minimum atomic E-state index is 0.451. The predicted molar refractivity (Wildman–Crippen MR) is 101 cm³/mol. The molecule has 0 spiro atoms. The molecule has 0 aliphatic carbocycles. The third-order valence-corrected chi connectivity index (χ3v) is 6.02. The van der Waals surface area contributed by atoms with Gasteiger partial charge in [0.2, 0.25) is 0 Å². The zero-order valence-corrected chi connectivity index (χ0v) is 14.7. The molecule has 0 saturated carbocycles. The maximum Gasteiger partial charge on any atom is 0.162 e. The molecule has 122 valence electrons. The quantitative estimate of drug-likeness (QED) is 0.707. The van der Waals surface area contributed by atoms with E-state index in [0.29, 0.717) is 11.3 Å². The Bertz CT molecular complexity index is 852. The Kier molecular flexibility index (Phi) is 4.10. The van der Waals surface area contributed by atoms with Gasteiger partial charge in [-0.05, 0) is 31.2 Å². The molecule has 5 heteroatoms. The van der Waals surface area contributed by atoms with Crippen molar-refractivity contribution in [2.75, 3.05) is 17.2 Å². The molecule has 2 atom stereocenters. The Morgan fingerprint density at radius 1 is 1.04 bits per heavy atom. The zero-order chi connectivity index (χ0) is 16.5. The van der Waals surface area contributed by atoms with Gasteiger partial charge in [-0.1, -0.05) is 19.1 Å². The van der Waals surface area contributed by atoms with Gasteiger partial charge in [0.05, 0.1) is 5.52 Å². The molecule has 0 N–H and O–H groups in total. The van der Waals surface area contributed by atoms with Crippen molar-refractivity contribution in [1.29, 1.82) is 0 Å². The molecule has 2 unspecified atom stereocenters. The molecule has 1 aromatic carbocycles. The van der Waals surface area contributed by atoms with Gasteiger partial charge in [0.25, 0.3) is 0 Å². The van der Waals surface area contributed by atoms with Gasteiger partial charge in [0.1, 0.15) is 5.82 Å². The van der Waals surface area contributed by atoms with Crippen molar-refractivity contribution in [3.8, 4) is 11.4 Å². The third-order valence-electron chi connectivity index (χ3n) is 4.68. The molecule has 24 heavy (non-hydrogen) atoms. The van der Waals surface area contributed by atoms with E-state index in [-0.39, 0.29) is 0 Å². The molecule has 4 rings (SSSR count). The predicted octanol–water partition coefficient (Wildman–Crippen LogP) is 4.02. The highest BCUT2D eigenvalue weighted by atomic mass is 32.2. The monoisotopic (exact) mass is 336 g/mol. The van der Waals surface area contributed by atoms with Crippen LogP contribution in [0.2, 0.25) is 0 Å². The molecule has 4 nitrogen and oxygen atoms in total. The lowest BCUT2D eigenvalue weighted by atomic mass is 10.1. The van der Waals surface area contributed by atoms with Gasteiger partial charge in [-0.15, -0.1) is 0 Å². The lowest BCUT2D eigenvalue weighted by Gasteiger charge is -2.38. The van der Waals surface area contributed by atoms with Crippen LogP contribution < -0.4 is 4.90 Å². The Morgan fingerprint density at radius 2 is 1.83 bits per heavy atom. The highest BCUT2D eigenvalue weighted by Gasteiger charge is 2.28. The number of thioether (sulfide) groups is 1. The number of rotatable bonds is 2. The first-order chi connectivity index (χ1) is 11.7. The molecule has 3 heterocycles. The van der Waals surface area contributed by atoms with Crippen LogP contribution in [0.4, 0.5) is 5.82 Å². The van der Waals surface area contributed by atoms with E-state index < -0.39 is 0 Å². The van der Waals surface area contributed by atoms with Crippen molar-refractivity contribution in [1.82, 2.24) is 15.0 Å². The van der Waals surface area contributed by atoms with Crippen LogP contribution in [0.5, 0.6) is 0 Å². The highest BCUT2D eigenvalue weighted by molar-refractivity contribution is 8.00. The van der Waals surface area contributed by atoms with E-state index in [1.165, 1.54) is 0 Å². The SMILES string of the molecule is CC1SCCN(c2nc(-c3ccncc3)nc3ccccc23)C1C. The van der Waals surface area contributed by atoms with Gasteiger partial charge < -0.3 is 4.90 Å². The summed E-state index contributed by atoms with van der Waals surface area (Å²) in [4.78, 5) is 16.3. The molecule has 0 bridgehead atoms. The number of aromatic nitrogens is 3. The van der Waals surface area contributed by atoms with Crippen molar-refractivity contribution in [3.63, 3.8) is 0 Å². The number of hydrogen-bond donors (Lipinski definition) is 0. The first kappa shape index (κ1) is 15.4. The maximum atomic E-state index is 4.96. The van der Waals surface area contributed by atoms with Crippen LogP contribution in [0.1, 0.15) is 13.8 Å². The molecular weight excluding hydrogens is 316 g/mol. The van der Waals surface area contributed by atoms with Gasteiger partial charge in [-0.2, -0.15) is 11.8 Å². The number of hydrogen-bond acceptors (Lipinski definition) is 5. The summed E-state index contributed by atoms with van der Waals surface area (Å²) in [6, 6.07) is 12.7. The van der Waals surface area contributed by atoms with E-state index in [9.17, 15) is 0 Å². The van der Waals surface area contributed by atoms with Crippen molar-refractivity contribution in [2.24, 2.45) is 0 Å². The van der Waals surface area contributed by atoms with Gasteiger partial charge in [-0.3, -0.25) is 4.98 Å². The number of anilines is 1. The number of para-hydroxylation sites is 1. The maximum absolute atomic E-state index is 4.96. The fourth-order valence-electron chi connectivity index (χ4n) is 3.14. The molecule has 1 saturated heterocycles. The highest BCUT2D eigenvalue weighted by Crippen LogP contribution is 2.33. The Morgan fingerprint density at radius 3 is 2.67 bits per heavy atom. The van der Waals surface area contributed by atoms with Crippen molar-refractivity contribution >= 4 is 28.5 Å². The van der Waals surface area contributed by atoms with Crippen molar-refractivity contribution < 1.29 is 0 Å². The lowest BCUT2D eigenvalue weighted by molar-refractivity contribution is 0.622. The Labute approximate surface area is 146 Å². The second-order valence-corrected chi connectivity index (χ2v) is 7.62. The number of pyridine rings is 1. The van der Waals surface area contributed by atoms with E-state index in [1.54, 1.807) is 12.4 Å². The van der Waals surface area contributed by atoms with Crippen LogP contribution in [0.25, 0.3) is 22.3 Å². The molecule has 1 fully saturated rings. The van der Waals surface area contributed by atoms with Crippen LogP contribution in [0.3, 0.4) is 0 Å². The fraction of sp³-hybridized carbons (Fsp3) is 0.316. The van der Waals surface area contributed by atoms with Gasteiger partial charge in [0, 0.05) is 46.9 Å². The molecule has 3 aromatic rings. The lowest BCUT2D eigenvalue weighted by Crippen LogP contribution is -2.45. The smallest absolute Gasteiger partial charge is 0.162 e. The number of nitrogens with zero attached hydrogens (tertiary/aromatic N) is 4. The summed E-state index contributed by atoms with van der Waals surface area (Å²) in [5.74, 6) is 2.95. The number of fused-ring (bicyclic) bond motifs is 1. The summed E-state index contributed by atoms with van der Waals surface area (Å²) < 4.78 is 0. The summed E-state index contributed by atoms with van der Waals surface area (Å²) in [6.45, 7) is 5.61. The fourth-order valence-corrected chi connectivity index (χ4v) is 4.24. The summed E-state index contributed by atoms with van der Waals surface area (Å²) in [7, 11) is 0. The largest absolute Gasteiger partial charge is 0.351 e. The first-order valence-corrected chi connectivity index (χ1v) is 9.34. The average molecular weight is 336 g/mol. The average Bonchev–Trinajstić information content (AvgIpc) is 2.64. The molecule has 1 aliphatic heterocycles. The third kappa shape index (κ3) is 2.73. The zero-order valence-electron chi connectivity index (χ0n) is 13.9. The summed E-state index contributed by atoms with van der Waals surface area (Å²) in [6.07, 6.45) is 3.57. The van der Waals surface area contributed by atoms with Gasteiger partial charge in [0.15, 0.2) is 5.82 Å². The van der Waals surface area contributed by atoms with Crippen LogP contribution in [-0.4, -0.2) is 38.5 Å². The van der Waals surface area contributed by atoms with Crippen molar-refractivity contribution in [3.05, 3.63) is 48.8 Å². The van der Waals surface area contributed by atoms with Crippen LogP contribution in [-0.2, 0) is 0 Å². The van der Waals surface area contributed by atoms with E-state index in [1.807, 2.05) is 30.0 Å². The van der Waals surface area contributed by atoms with Gasteiger partial charge in [-0.25, -0.2) is 9.97 Å². The number of benzene rings is 1. The summed E-state index contributed by atoms with van der Waals surface area (Å²) >= 11 is 2.04. The second kappa shape index (κ2) is 6.40. The van der Waals surface area contributed by atoms with Crippen molar-refractivity contribution in [2.45, 2.75) is 25.1 Å². The normalized spacial score (nSPS) is 21.2. The standard InChI is InChI=1S/C19H20N4S/c1-13-14(2)24-12-11-23(13)19-16-5-3-4-6-17(16)21-18(22-19)15-7-9-20-10-8-15/h3-10,13-14H,11-12H2,1-2H3. The molecular formula is C19H20N4S. The van der Waals surface area contributed by atoms with Crippen LogP contribution >= 0.6 is 11.8 Å². The minimum Gasteiger partial charge on any atom is -0.351 e. The Balaban J connectivity index is 1.90. The topological polar surface area (TPSA) is 41.9 Å². The Hall–Kier alpha value is -2.14. The van der Waals surface area contributed by atoms with E-state index >= 15 is 0 Å². The molecule has 0 amide bonds. The first-order valence-electron chi connectivity index (χ1n) is 8.29. The molecule has 1 aliphatic rings. The van der Waals surface area contributed by atoms with Crippen LogP contribution in [0.15, 0.2) is 48.8 Å². The second-order valence-electron chi connectivity index (χ2n) is 6.13. The summed E-state index contributed by atoms with van der Waals surface area (Å²) in [5.41, 5.74) is 2.00. The van der Waals surface area contributed by atoms with E-state index in [0.717, 1.165) is 40.4 Å². The molecule has 0 radical (unpaired) electrons. The summed E-state index contributed by atoms with van der Waals surface area (Å²) in [5, 5.41) is 1.72. The van der Waals surface area contributed by atoms with E-state index in [2.05, 4.69) is 41.9 Å².